The van der Waals surface area contributed by atoms with E-state index in [4.69, 9.17) is 5.11 Å². The molecule has 0 aromatic rings. The van der Waals surface area contributed by atoms with Crippen molar-refractivity contribution in [1.82, 2.24) is 14.7 Å². The lowest BCUT2D eigenvalue weighted by Gasteiger charge is -2.37. The van der Waals surface area contributed by atoms with E-state index in [1.165, 1.54) is 17.7 Å². The van der Waals surface area contributed by atoms with Crippen molar-refractivity contribution in [3.8, 4) is 0 Å². The zero-order chi connectivity index (χ0) is 14.7. The summed E-state index contributed by atoms with van der Waals surface area (Å²) in [5, 5.41) is 9.12. The minimum absolute atomic E-state index is 0.162. The molecular formula is C14H25N3O3. The molecule has 1 saturated heterocycles. The van der Waals surface area contributed by atoms with Gasteiger partial charge in [-0.25, -0.2) is 9.59 Å². The molecule has 6 heteroatoms. The van der Waals surface area contributed by atoms with Gasteiger partial charge in [0.2, 0.25) is 0 Å². The van der Waals surface area contributed by atoms with Gasteiger partial charge in [0.25, 0.3) is 0 Å². The van der Waals surface area contributed by atoms with Gasteiger partial charge in [0.1, 0.15) is 6.04 Å². The molecule has 0 aromatic heterocycles. The summed E-state index contributed by atoms with van der Waals surface area (Å²) >= 11 is 0. The topological polar surface area (TPSA) is 64.1 Å². The average Bonchev–Trinajstić information content (AvgIpc) is 3.23. The summed E-state index contributed by atoms with van der Waals surface area (Å²) in [6.07, 6.45) is 3.12. The number of rotatable bonds is 5. The molecule has 6 nitrogen and oxygen atoms in total. The quantitative estimate of drug-likeness (QED) is 0.815. The molecule has 114 valence electrons. The molecule has 20 heavy (non-hydrogen) atoms. The predicted molar refractivity (Wildman–Crippen MR) is 75.6 cm³/mol. The molecule has 0 bridgehead atoms. The van der Waals surface area contributed by atoms with Gasteiger partial charge >= 0.3 is 12.0 Å². The Hall–Kier alpha value is -1.30. The summed E-state index contributed by atoms with van der Waals surface area (Å²) in [5.74, 6) is -0.0628. The van der Waals surface area contributed by atoms with Gasteiger partial charge in [0, 0.05) is 39.8 Å². The standard InChI is InChI=1S/C14H25N3O3/c1-3-12(13(18)19)15(2)14(20)17-8-6-16(7-9-17)10-11-4-5-11/h11-12H,3-10H2,1-2H3,(H,18,19). The number of carboxylic acids is 1. The Morgan fingerprint density at radius 3 is 2.30 bits per heavy atom. The highest BCUT2D eigenvalue weighted by Crippen LogP contribution is 2.29. The Bertz CT molecular complexity index is 363. The molecule has 2 rings (SSSR count). The van der Waals surface area contributed by atoms with Crippen LogP contribution in [0.4, 0.5) is 4.79 Å². The normalized spacial score (nSPS) is 21.6. The van der Waals surface area contributed by atoms with Crippen molar-refractivity contribution < 1.29 is 14.7 Å². The van der Waals surface area contributed by atoms with Crippen LogP contribution in [0.2, 0.25) is 0 Å². The number of likely N-dealkylation sites (N-methyl/N-ethyl adjacent to an activating group) is 1. The molecule has 2 amide bonds. The summed E-state index contributed by atoms with van der Waals surface area (Å²) in [7, 11) is 1.58. The Labute approximate surface area is 120 Å². The van der Waals surface area contributed by atoms with Crippen LogP contribution < -0.4 is 0 Å². The highest BCUT2D eigenvalue weighted by Gasteiger charge is 2.31. The molecule has 0 radical (unpaired) electrons. The maximum atomic E-state index is 12.3. The van der Waals surface area contributed by atoms with Gasteiger partial charge in [0.05, 0.1) is 0 Å². The van der Waals surface area contributed by atoms with E-state index in [0.29, 0.717) is 19.5 Å². The fourth-order valence-electron chi connectivity index (χ4n) is 2.76. The Kier molecular flexibility index (Phi) is 4.86. The van der Waals surface area contributed by atoms with Crippen molar-refractivity contribution in [3.63, 3.8) is 0 Å². The van der Waals surface area contributed by atoms with Gasteiger partial charge in [-0.1, -0.05) is 6.92 Å². The number of urea groups is 1. The molecule has 0 spiro atoms. The smallest absolute Gasteiger partial charge is 0.326 e. The molecule has 2 fully saturated rings. The molecule has 1 aliphatic carbocycles. The molecule has 1 heterocycles. The maximum Gasteiger partial charge on any atom is 0.326 e. The van der Waals surface area contributed by atoms with Crippen molar-refractivity contribution in [3.05, 3.63) is 0 Å². The van der Waals surface area contributed by atoms with Crippen molar-refractivity contribution in [2.24, 2.45) is 5.92 Å². The molecule has 1 N–H and O–H groups in total. The summed E-state index contributed by atoms with van der Waals surface area (Å²) in [4.78, 5) is 29.0. The number of aliphatic carboxylic acids is 1. The lowest BCUT2D eigenvalue weighted by molar-refractivity contribution is -0.142. The number of piperazine rings is 1. The minimum Gasteiger partial charge on any atom is -0.480 e. The Balaban J connectivity index is 1.82. The van der Waals surface area contributed by atoms with E-state index >= 15 is 0 Å². The second-order valence-corrected chi connectivity index (χ2v) is 5.89. The predicted octanol–water partition coefficient (Wildman–Crippen LogP) is 0.929. The number of carbonyl (C=O) groups excluding carboxylic acids is 1. The van der Waals surface area contributed by atoms with Gasteiger partial charge in [-0.15, -0.1) is 0 Å². The molecular weight excluding hydrogens is 258 g/mol. The van der Waals surface area contributed by atoms with Crippen LogP contribution in [-0.2, 0) is 4.79 Å². The number of carbonyl (C=O) groups is 2. The number of carboxylic acid groups (broad SMARTS) is 1. The Morgan fingerprint density at radius 2 is 1.85 bits per heavy atom. The molecule has 0 aromatic carbocycles. The molecule has 1 aliphatic heterocycles. The number of nitrogens with zero attached hydrogens (tertiary/aromatic N) is 3. The van der Waals surface area contributed by atoms with Crippen LogP contribution in [0, 0.1) is 5.92 Å². The zero-order valence-electron chi connectivity index (χ0n) is 12.4. The highest BCUT2D eigenvalue weighted by molar-refractivity contribution is 5.82. The van der Waals surface area contributed by atoms with E-state index in [9.17, 15) is 9.59 Å². The number of amides is 2. The van der Waals surface area contributed by atoms with Gasteiger partial charge in [0.15, 0.2) is 0 Å². The van der Waals surface area contributed by atoms with Crippen LogP contribution in [0.15, 0.2) is 0 Å². The van der Waals surface area contributed by atoms with Crippen LogP contribution in [-0.4, -0.2) is 77.6 Å². The fraction of sp³-hybridized carbons (Fsp3) is 0.857. The van der Waals surface area contributed by atoms with E-state index < -0.39 is 12.0 Å². The number of hydrogen-bond donors (Lipinski definition) is 1. The SMILES string of the molecule is CCC(C(=O)O)N(C)C(=O)N1CCN(CC2CC2)CC1. The van der Waals surface area contributed by atoms with Crippen molar-refractivity contribution in [2.45, 2.75) is 32.2 Å². The lowest BCUT2D eigenvalue weighted by atomic mass is 10.2. The first-order valence-corrected chi connectivity index (χ1v) is 7.49. The second-order valence-electron chi connectivity index (χ2n) is 5.89. The summed E-state index contributed by atoms with van der Waals surface area (Å²) in [5.41, 5.74) is 0. The average molecular weight is 283 g/mol. The van der Waals surface area contributed by atoms with Crippen molar-refractivity contribution in [1.29, 1.82) is 0 Å². The summed E-state index contributed by atoms with van der Waals surface area (Å²) in [6, 6.07) is -0.891. The van der Waals surface area contributed by atoms with E-state index in [2.05, 4.69) is 4.90 Å². The highest BCUT2D eigenvalue weighted by atomic mass is 16.4. The third-order valence-corrected chi connectivity index (χ3v) is 4.30. The van der Waals surface area contributed by atoms with Gasteiger partial charge in [-0.2, -0.15) is 0 Å². The van der Waals surface area contributed by atoms with Gasteiger partial charge < -0.3 is 14.9 Å². The molecule has 1 unspecified atom stereocenters. The van der Waals surface area contributed by atoms with Crippen LogP contribution in [0.3, 0.4) is 0 Å². The van der Waals surface area contributed by atoms with Crippen LogP contribution in [0.5, 0.6) is 0 Å². The second kappa shape index (κ2) is 6.43. The van der Waals surface area contributed by atoms with Gasteiger partial charge in [-0.05, 0) is 25.2 Å². The van der Waals surface area contributed by atoms with Crippen molar-refractivity contribution >= 4 is 12.0 Å². The first-order valence-electron chi connectivity index (χ1n) is 7.49. The van der Waals surface area contributed by atoms with Crippen LogP contribution in [0.25, 0.3) is 0 Å². The lowest BCUT2D eigenvalue weighted by Crippen LogP contribution is -2.55. The minimum atomic E-state index is -0.935. The van der Waals surface area contributed by atoms with E-state index in [-0.39, 0.29) is 6.03 Å². The molecule has 1 atom stereocenters. The third-order valence-electron chi connectivity index (χ3n) is 4.30. The van der Waals surface area contributed by atoms with E-state index in [1.54, 1.807) is 18.9 Å². The fourth-order valence-corrected chi connectivity index (χ4v) is 2.76. The van der Waals surface area contributed by atoms with E-state index in [0.717, 1.165) is 25.6 Å². The summed E-state index contributed by atoms with van der Waals surface area (Å²) < 4.78 is 0. The van der Waals surface area contributed by atoms with Gasteiger partial charge in [-0.3, -0.25) is 4.90 Å². The van der Waals surface area contributed by atoms with E-state index in [1.807, 2.05) is 0 Å². The monoisotopic (exact) mass is 283 g/mol. The largest absolute Gasteiger partial charge is 0.480 e. The van der Waals surface area contributed by atoms with Crippen molar-refractivity contribution in [2.75, 3.05) is 39.8 Å². The zero-order valence-corrected chi connectivity index (χ0v) is 12.4. The molecule has 1 saturated carbocycles. The maximum absolute atomic E-state index is 12.3. The molecule has 2 aliphatic rings. The third kappa shape index (κ3) is 3.62. The van der Waals surface area contributed by atoms with Crippen LogP contribution >= 0.6 is 0 Å². The first-order chi connectivity index (χ1) is 9.52. The summed E-state index contributed by atoms with van der Waals surface area (Å²) in [6.45, 7) is 6.15. The first kappa shape index (κ1) is 15.1. The van der Waals surface area contributed by atoms with Crippen LogP contribution in [0.1, 0.15) is 26.2 Å². The number of hydrogen-bond acceptors (Lipinski definition) is 3. The Morgan fingerprint density at radius 1 is 1.25 bits per heavy atom.